The van der Waals surface area contributed by atoms with Crippen LogP contribution in [0.5, 0.6) is 5.75 Å². The number of rotatable bonds is 3. The number of methoxy groups -OCH3 is 1. The molecule has 5 heteroatoms. The molecule has 0 saturated carbocycles. The second-order valence-electron chi connectivity index (χ2n) is 3.92. The van der Waals surface area contributed by atoms with E-state index in [1.807, 2.05) is 12.1 Å². The van der Waals surface area contributed by atoms with Crippen molar-refractivity contribution < 1.29 is 17.9 Å². The first-order valence-electron chi connectivity index (χ1n) is 5.35. The van der Waals surface area contributed by atoms with Gasteiger partial charge in [0.1, 0.15) is 5.75 Å². The van der Waals surface area contributed by atoms with E-state index in [1.54, 1.807) is 19.2 Å². The topological polar surface area (TPSA) is 14.2 Å². The van der Waals surface area contributed by atoms with E-state index in [9.17, 15) is 13.2 Å². The molecule has 0 aliphatic rings. The van der Waals surface area contributed by atoms with Crippen LogP contribution in [-0.4, -0.2) is 11.7 Å². The summed E-state index contributed by atoms with van der Waals surface area (Å²) in [5, 5.41) is 0. The van der Waals surface area contributed by atoms with Gasteiger partial charge in [-0.15, -0.1) is 0 Å². The third kappa shape index (κ3) is 2.85. The highest BCUT2D eigenvalue weighted by molar-refractivity contribution is 5.27. The highest BCUT2D eigenvalue weighted by Gasteiger charge is 2.31. The second kappa shape index (κ2) is 4.76. The predicted molar refractivity (Wildman–Crippen MR) is 61.5 cm³/mol. The molecule has 0 unspecified atom stereocenters. The third-order valence-electron chi connectivity index (χ3n) is 2.60. The standard InChI is InChI=1S/C13H12F3NO/c1-18-12-4-2-10(3-5-12)8-17-7-6-11(9-17)13(14,15)16/h2-7,9H,8H2,1H3. The summed E-state index contributed by atoms with van der Waals surface area (Å²) in [5.41, 5.74) is 0.288. The van der Waals surface area contributed by atoms with E-state index in [-0.39, 0.29) is 0 Å². The monoisotopic (exact) mass is 255 g/mol. The van der Waals surface area contributed by atoms with Crippen molar-refractivity contribution in [2.45, 2.75) is 12.7 Å². The van der Waals surface area contributed by atoms with Crippen LogP contribution in [0.3, 0.4) is 0 Å². The number of alkyl halides is 3. The average Bonchev–Trinajstić information content (AvgIpc) is 2.78. The normalized spacial score (nSPS) is 11.6. The molecule has 2 aromatic rings. The molecule has 0 N–H and O–H groups in total. The Morgan fingerprint density at radius 1 is 1.11 bits per heavy atom. The van der Waals surface area contributed by atoms with Crippen molar-refractivity contribution >= 4 is 0 Å². The van der Waals surface area contributed by atoms with Crippen LogP contribution in [0.4, 0.5) is 13.2 Å². The first-order chi connectivity index (χ1) is 8.49. The third-order valence-corrected chi connectivity index (χ3v) is 2.60. The lowest BCUT2D eigenvalue weighted by molar-refractivity contribution is -0.137. The maximum atomic E-state index is 12.4. The molecule has 0 bridgehead atoms. The Labute approximate surface area is 103 Å². The zero-order valence-electron chi connectivity index (χ0n) is 9.74. The molecule has 0 aliphatic heterocycles. The van der Waals surface area contributed by atoms with Gasteiger partial charge < -0.3 is 9.30 Å². The Morgan fingerprint density at radius 3 is 2.28 bits per heavy atom. The van der Waals surface area contributed by atoms with Crippen LogP contribution in [0.15, 0.2) is 42.7 Å². The lowest BCUT2D eigenvalue weighted by Crippen LogP contribution is -2.03. The highest BCUT2D eigenvalue weighted by Crippen LogP contribution is 2.29. The van der Waals surface area contributed by atoms with E-state index in [4.69, 9.17) is 4.74 Å². The number of halogens is 3. The smallest absolute Gasteiger partial charge is 0.417 e. The van der Waals surface area contributed by atoms with Gasteiger partial charge in [0, 0.05) is 18.9 Å². The fourth-order valence-electron chi connectivity index (χ4n) is 1.65. The molecular formula is C13H12F3NO. The predicted octanol–water partition coefficient (Wildman–Crippen LogP) is 3.56. The number of ether oxygens (including phenoxy) is 1. The van der Waals surface area contributed by atoms with Gasteiger partial charge in [0.25, 0.3) is 0 Å². The van der Waals surface area contributed by atoms with E-state index in [0.717, 1.165) is 23.6 Å². The van der Waals surface area contributed by atoms with Gasteiger partial charge in [0.05, 0.1) is 12.7 Å². The van der Waals surface area contributed by atoms with E-state index in [2.05, 4.69) is 0 Å². The minimum Gasteiger partial charge on any atom is -0.497 e. The molecular weight excluding hydrogens is 243 g/mol. The minimum atomic E-state index is -4.29. The molecule has 0 aliphatic carbocycles. The molecule has 0 fully saturated rings. The van der Waals surface area contributed by atoms with Gasteiger partial charge in [0.15, 0.2) is 0 Å². The quantitative estimate of drug-likeness (QED) is 0.817. The van der Waals surface area contributed by atoms with Gasteiger partial charge in [-0.25, -0.2) is 0 Å². The number of hydrogen-bond donors (Lipinski definition) is 0. The van der Waals surface area contributed by atoms with Crippen LogP contribution in [0, 0.1) is 0 Å². The summed E-state index contributed by atoms with van der Waals surface area (Å²) in [6, 6.07) is 8.29. The van der Waals surface area contributed by atoms with Gasteiger partial charge in [-0.2, -0.15) is 13.2 Å². The average molecular weight is 255 g/mol. The molecule has 0 atom stereocenters. The van der Waals surface area contributed by atoms with E-state index in [1.165, 1.54) is 10.8 Å². The Kier molecular flexibility index (Phi) is 3.32. The Balaban J connectivity index is 2.11. The van der Waals surface area contributed by atoms with Gasteiger partial charge >= 0.3 is 6.18 Å². The Morgan fingerprint density at radius 2 is 1.78 bits per heavy atom. The van der Waals surface area contributed by atoms with Crippen molar-refractivity contribution in [2.75, 3.05) is 7.11 Å². The summed E-state index contributed by atoms with van der Waals surface area (Å²) in [4.78, 5) is 0. The lowest BCUT2D eigenvalue weighted by atomic mass is 10.2. The molecule has 1 aromatic heterocycles. The summed E-state index contributed by atoms with van der Waals surface area (Å²) < 4.78 is 43.7. The van der Waals surface area contributed by atoms with Crippen LogP contribution < -0.4 is 4.74 Å². The molecule has 0 spiro atoms. The van der Waals surface area contributed by atoms with Crippen LogP contribution in [0.1, 0.15) is 11.1 Å². The zero-order valence-corrected chi connectivity index (χ0v) is 9.74. The molecule has 18 heavy (non-hydrogen) atoms. The Bertz CT molecular complexity index is 514. The van der Waals surface area contributed by atoms with Crippen molar-refractivity contribution in [1.29, 1.82) is 0 Å². The van der Waals surface area contributed by atoms with E-state index < -0.39 is 11.7 Å². The van der Waals surface area contributed by atoms with Gasteiger partial charge in [0.2, 0.25) is 0 Å². The fourth-order valence-corrected chi connectivity index (χ4v) is 1.65. The van der Waals surface area contributed by atoms with E-state index >= 15 is 0 Å². The summed E-state index contributed by atoms with van der Waals surface area (Å²) in [6.07, 6.45) is -1.76. The van der Waals surface area contributed by atoms with Crippen LogP contribution in [-0.2, 0) is 12.7 Å². The first kappa shape index (κ1) is 12.5. The molecule has 2 rings (SSSR count). The summed E-state index contributed by atoms with van der Waals surface area (Å²) in [7, 11) is 1.57. The number of benzene rings is 1. The summed E-state index contributed by atoms with van der Waals surface area (Å²) in [5.74, 6) is 0.724. The maximum absolute atomic E-state index is 12.4. The van der Waals surface area contributed by atoms with E-state index in [0.29, 0.717) is 6.54 Å². The number of nitrogens with zero attached hydrogens (tertiary/aromatic N) is 1. The lowest BCUT2D eigenvalue weighted by Gasteiger charge is -2.05. The first-order valence-corrected chi connectivity index (χ1v) is 5.35. The second-order valence-corrected chi connectivity index (χ2v) is 3.92. The molecule has 0 amide bonds. The highest BCUT2D eigenvalue weighted by atomic mass is 19.4. The molecule has 1 heterocycles. The molecule has 1 aromatic carbocycles. The molecule has 0 saturated heterocycles. The molecule has 2 nitrogen and oxygen atoms in total. The van der Waals surface area contributed by atoms with Crippen LogP contribution in [0.25, 0.3) is 0 Å². The summed E-state index contributed by atoms with van der Waals surface area (Å²) >= 11 is 0. The largest absolute Gasteiger partial charge is 0.497 e. The van der Waals surface area contributed by atoms with Crippen molar-refractivity contribution in [3.63, 3.8) is 0 Å². The van der Waals surface area contributed by atoms with Crippen molar-refractivity contribution in [1.82, 2.24) is 4.57 Å². The zero-order chi connectivity index (χ0) is 13.2. The van der Waals surface area contributed by atoms with Gasteiger partial charge in [-0.1, -0.05) is 12.1 Å². The number of hydrogen-bond acceptors (Lipinski definition) is 1. The fraction of sp³-hybridized carbons (Fsp3) is 0.231. The molecule has 96 valence electrons. The maximum Gasteiger partial charge on any atom is 0.417 e. The SMILES string of the molecule is COc1ccc(Cn2ccc(C(F)(F)F)c2)cc1. The van der Waals surface area contributed by atoms with Crippen molar-refractivity contribution in [2.24, 2.45) is 0 Å². The van der Waals surface area contributed by atoms with Crippen LogP contribution >= 0.6 is 0 Å². The van der Waals surface area contributed by atoms with Crippen molar-refractivity contribution in [3.8, 4) is 5.75 Å². The van der Waals surface area contributed by atoms with Crippen molar-refractivity contribution in [3.05, 3.63) is 53.9 Å². The number of aromatic nitrogens is 1. The molecule has 0 radical (unpaired) electrons. The van der Waals surface area contributed by atoms with Gasteiger partial charge in [-0.05, 0) is 23.8 Å². The minimum absolute atomic E-state index is 0.403. The Hall–Kier alpha value is -1.91. The van der Waals surface area contributed by atoms with Gasteiger partial charge in [-0.3, -0.25) is 0 Å². The summed E-state index contributed by atoms with van der Waals surface area (Å²) in [6.45, 7) is 0.403. The van der Waals surface area contributed by atoms with Crippen LogP contribution in [0.2, 0.25) is 0 Å².